The van der Waals surface area contributed by atoms with Crippen LogP contribution in [-0.4, -0.2) is 35.7 Å². The monoisotopic (exact) mass is 271 g/mol. The normalized spacial score (nSPS) is 24.1. The lowest BCUT2D eigenvalue weighted by Crippen LogP contribution is -2.37. The van der Waals surface area contributed by atoms with Crippen LogP contribution in [0.15, 0.2) is 0 Å². The van der Waals surface area contributed by atoms with Gasteiger partial charge >= 0.3 is 11.9 Å². The molecule has 0 spiro atoms. The van der Waals surface area contributed by atoms with Gasteiger partial charge < -0.3 is 14.8 Å². The van der Waals surface area contributed by atoms with Crippen LogP contribution in [0.5, 0.6) is 0 Å². The van der Waals surface area contributed by atoms with Gasteiger partial charge in [0.15, 0.2) is 0 Å². The van der Waals surface area contributed by atoms with Gasteiger partial charge in [-0.25, -0.2) is 0 Å². The second-order valence-electron chi connectivity index (χ2n) is 6.96. The number of nitrogens with one attached hydrogen (secondary N) is 1. The number of carbonyl (C=O) groups is 2. The van der Waals surface area contributed by atoms with Gasteiger partial charge in [0.25, 0.3) is 0 Å². The van der Waals surface area contributed by atoms with Gasteiger partial charge in [-0.2, -0.15) is 0 Å². The predicted octanol–water partition coefficient (Wildman–Crippen LogP) is 1.65. The van der Waals surface area contributed by atoms with E-state index < -0.39 is 17.2 Å². The standard InChI is InChI=1S/C14H25NO4/c1-13(2,3)18-11(16)9-7-10(15-8-9)12(17)19-14(4,5)6/h9-10,15H,7-8H2,1-6H3/t9-,10+/m0/s1. The maximum Gasteiger partial charge on any atom is 0.323 e. The summed E-state index contributed by atoms with van der Waals surface area (Å²) in [6.07, 6.45) is 0.434. The van der Waals surface area contributed by atoms with Crippen LogP contribution in [0.1, 0.15) is 48.0 Å². The molecule has 1 aliphatic rings. The molecule has 5 heteroatoms. The van der Waals surface area contributed by atoms with E-state index in [9.17, 15) is 9.59 Å². The summed E-state index contributed by atoms with van der Waals surface area (Å²) in [6, 6.07) is -0.420. The van der Waals surface area contributed by atoms with Crippen molar-refractivity contribution < 1.29 is 19.1 Å². The first kappa shape index (κ1) is 16.0. The largest absolute Gasteiger partial charge is 0.460 e. The van der Waals surface area contributed by atoms with Crippen molar-refractivity contribution in [2.75, 3.05) is 6.54 Å². The summed E-state index contributed by atoms with van der Waals surface area (Å²) in [5, 5.41) is 3.02. The summed E-state index contributed by atoms with van der Waals surface area (Å²) >= 11 is 0. The first-order valence-corrected chi connectivity index (χ1v) is 6.67. The number of ether oxygens (including phenoxy) is 2. The quantitative estimate of drug-likeness (QED) is 0.774. The van der Waals surface area contributed by atoms with Crippen LogP contribution in [0.25, 0.3) is 0 Å². The molecule has 1 fully saturated rings. The number of hydrogen-bond acceptors (Lipinski definition) is 5. The Morgan fingerprint density at radius 3 is 1.89 bits per heavy atom. The molecule has 19 heavy (non-hydrogen) atoms. The van der Waals surface area contributed by atoms with E-state index in [-0.39, 0.29) is 17.9 Å². The third kappa shape index (κ3) is 5.59. The number of carbonyl (C=O) groups excluding carboxylic acids is 2. The van der Waals surface area contributed by atoms with E-state index in [1.165, 1.54) is 0 Å². The molecule has 1 rings (SSSR count). The maximum absolute atomic E-state index is 11.9. The van der Waals surface area contributed by atoms with Crippen molar-refractivity contribution >= 4 is 11.9 Å². The molecule has 0 aromatic carbocycles. The zero-order valence-electron chi connectivity index (χ0n) is 12.7. The molecular formula is C14H25NO4. The Kier molecular flexibility index (Phi) is 4.61. The fraction of sp³-hybridized carbons (Fsp3) is 0.857. The van der Waals surface area contributed by atoms with Gasteiger partial charge in [-0.3, -0.25) is 9.59 Å². The molecule has 0 aromatic heterocycles. The van der Waals surface area contributed by atoms with E-state index in [0.29, 0.717) is 13.0 Å². The van der Waals surface area contributed by atoms with Crippen LogP contribution in [0.2, 0.25) is 0 Å². The van der Waals surface area contributed by atoms with E-state index >= 15 is 0 Å². The van der Waals surface area contributed by atoms with Gasteiger partial charge in [0.05, 0.1) is 5.92 Å². The fourth-order valence-electron chi connectivity index (χ4n) is 1.85. The van der Waals surface area contributed by atoms with E-state index in [4.69, 9.17) is 9.47 Å². The van der Waals surface area contributed by atoms with E-state index in [1.807, 2.05) is 41.5 Å². The second kappa shape index (κ2) is 5.49. The summed E-state index contributed by atoms with van der Waals surface area (Å²) in [5.41, 5.74) is -1.01. The highest BCUT2D eigenvalue weighted by Gasteiger charge is 2.37. The fourth-order valence-corrected chi connectivity index (χ4v) is 1.85. The van der Waals surface area contributed by atoms with E-state index in [0.717, 1.165) is 0 Å². The van der Waals surface area contributed by atoms with Gasteiger partial charge in [-0.15, -0.1) is 0 Å². The Morgan fingerprint density at radius 1 is 0.947 bits per heavy atom. The lowest BCUT2D eigenvalue weighted by Gasteiger charge is -2.22. The summed E-state index contributed by atoms with van der Waals surface area (Å²) in [4.78, 5) is 23.8. The molecule has 1 saturated heterocycles. The second-order valence-corrected chi connectivity index (χ2v) is 6.96. The predicted molar refractivity (Wildman–Crippen MR) is 71.6 cm³/mol. The lowest BCUT2D eigenvalue weighted by atomic mass is 10.1. The van der Waals surface area contributed by atoms with Gasteiger partial charge in [0.2, 0.25) is 0 Å². The molecule has 0 bridgehead atoms. The van der Waals surface area contributed by atoms with Crippen molar-refractivity contribution in [1.29, 1.82) is 0 Å². The summed E-state index contributed by atoms with van der Waals surface area (Å²) in [5.74, 6) is -0.846. The van der Waals surface area contributed by atoms with Crippen LogP contribution in [0, 0.1) is 5.92 Å². The topological polar surface area (TPSA) is 64.6 Å². The van der Waals surface area contributed by atoms with Crippen LogP contribution in [0.4, 0.5) is 0 Å². The lowest BCUT2D eigenvalue weighted by molar-refractivity contribution is -0.159. The highest BCUT2D eigenvalue weighted by molar-refractivity contribution is 5.80. The Labute approximate surface area is 115 Å². The highest BCUT2D eigenvalue weighted by atomic mass is 16.6. The zero-order chi connectivity index (χ0) is 14.8. The Bertz CT molecular complexity index is 317. The minimum Gasteiger partial charge on any atom is -0.460 e. The van der Waals surface area contributed by atoms with Crippen molar-refractivity contribution in [3.05, 3.63) is 0 Å². The van der Waals surface area contributed by atoms with E-state index in [2.05, 4.69) is 5.32 Å². The number of rotatable bonds is 2. The number of hydrogen-bond donors (Lipinski definition) is 1. The molecule has 0 amide bonds. The molecule has 0 aromatic rings. The minimum absolute atomic E-state index is 0.258. The highest BCUT2D eigenvalue weighted by Crippen LogP contribution is 2.21. The van der Waals surface area contributed by atoms with Gasteiger partial charge in [-0.1, -0.05) is 0 Å². The molecule has 0 aliphatic carbocycles. The molecule has 5 nitrogen and oxygen atoms in total. The molecule has 1 N–H and O–H groups in total. The summed E-state index contributed by atoms with van der Waals surface area (Å²) in [7, 11) is 0. The van der Waals surface area contributed by atoms with Crippen LogP contribution in [0.3, 0.4) is 0 Å². The van der Waals surface area contributed by atoms with Gasteiger partial charge in [0, 0.05) is 6.54 Å². The molecule has 1 aliphatic heterocycles. The third-order valence-corrected chi connectivity index (χ3v) is 2.56. The van der Waals surface area contributed by atoms with Crippen molar-refractivity contribution in [2.24, 2.45) is 5.92 Å². The first-order valence-electron chi connectivity index (χ1n) is 6.67. The molecule has 0 unspecified atom stereocenters. The van der Waals surface area contributed by atoms with Gasteiger partial charge in [-0.05, 0) is 48.0 Å². The van der Waals surface area contributed by atoms with E-state index in [1.54, 1.807) is 0 Å². The average molecular weight is 271 g/mol. The van der Waals surface area contributed by atoms with Crippen LogP contribution >= 0.6 is 0 Å². The SMILES string of the molecule is CC(C)(C)OC(=O)[C@@H]1CN[C@@H](C(=O)OC(C)(C)C)C1. The molecule has 0 saturated carbocycles. The zero-order valence-corrected chi connectivity index (χ0v) is 12.7. The van der Waals surface area contributed by atoms with Crippen LogP contribution < -0.4 is 5.32 Å². The van der Waals surface area contributed by atoms with Crippen molar-refractivity contribution in [3.63, 3.8) is 0 Å². The molecule has 0 radical (unpaired) electrons. The first-order chi connectivity index (χ1) is 8.48. The Balaban J connectivity index is 2.50. The summed E-state index contributed by atoms with van der Waals surface area (Å²) in [6.45, 7) is 11.4. The third-order valence-electron chi connectivity index (χ3n) is 2.56. The van der Waals surface area contributed by atoms with Crippen molar-refractivity contribution in [2.45, 2.75) is 65.2 Å². The Hall–Kier alpha value is -1.10. The van der Waals surface area contributed by atoms with Crippen LogP contribution in [-0.2, 0) is 19.1 Å². The van der Waals surface area contributed by atoms with Gasteiger partial charge in [0.1, 0.15) is 17.2 Å². The molecule has 1 heterocycles. The smallest absolute Gasteiger partial charge is 0.323 e. The molecule has 2 atom stereocenters. The average Bonchev–Trinajstić information content (AvgIpc) is 2.60. The van der Waals surface area contributed by atoms with Crippen molar-refractivity contribution in [1.82, 2.24) is 5.32 Å². The summed E-state index contributed by atoms with van der Waals surface area (Å²) < 4.78 is 10.6. The van der Waals surface area contributed by atoms with Crippen molar-refractivity contribution in [3.8, 4) is 0 Å². The minimum atomic E-state index is -0.511. The molecule has 110 valence electrons. The number of esters is 2. The Morgan fingerprint density at radius 2 is 1.42 bits per heavy atom. The molecular weight excluding hydrogens is 246 g/mol. The maximum atomic E-state index is 11.9.